The number of rotatable bonds is 17. The van der Waals surface area contributed by atoms with Gasteiger partial charge in [-0.1, -0.05) is 39.3 Å². The van der Waals surface area contributed by atoms with Gasteiger partial charge in [-0.05, 0) is 56.4 Å². The topological polar surface area (TPSA) is 112 Å². The third-order valence-electron chi connectivity index (χ3n) is 11.5. The molecule has 1 aromatic rings. The third-order valence-corrected chi connectivity index (χ3v) is 11.5. The molecule has 11 heteroatoms. The van der Waals surface area contributed by atoms with Gasteiger partial charge >= 0.3 is 0 Å². The fourth-order valence-corrected chi connectivity index (χ4v) is 8.70. The molecule has 1 aromatic carbocycles. The summed E-state index contributed by atoms with van der Waals surface area (Å²) in [5.41, 5.74) is -1.45. The van der Waals surface area contributed by atoms with Crippen molar-refractivity contribution in [2.24, 2.45) is 17.8 Å². The van der Waals surface area contributed by atoms with E-state index in [0.717, 1.165) is 13.1 Å². The number of carbonyl (C=O) groups is 3. The van der Waals surface area contributed by atoms with Crippen molar-refractivity contribution in [2.45, 2.75) is 76.7 Å². The van der Waals surface area contributed by atoms with E-state index in [2.05, 4.69) is 18.1 Å². The van der Waals surface area contributed by atoms with Gasteiger partial charge in [0.15, 0.2) is 0 Å². The van der Waals surface area contributed by atoms with Crippen LogP contribution in [0, 0.1) is 17.8 Å². The summed E-state index contributed by atoms with van der Waals surface area (Å²) in [6, 6.07) is 5.76. The molecule has 0 aliphatic carbocycles. The van der Waals surface area contributed by atoms with Gasteiger partial charge in [0, 0.05) is 45.0 Å². The van der Waals surface area contributed by atoms with E-state index in [0.29, 0.717) is 76.6 Å². The zero-order valence-electron chi connectivity index (χ0n) is 29.9. The Morgan fingerprint density at radius 3 is 2.37 bits per heavy atom. The number of anilines is 1. The molecule has 4 fully saturated rings. The molecule has 2 unspecified atom stereocenters. The average Bonchev–Trinajstić information content (AvgIpc) is 3.73. The summed E-state index contributed by atoms with van der Waals surface area (Å²) in [7, 11) is 0. The highest BCUT2D eigenvalue weighted by molar-refractivity contribution is 6.03. The fraction of sp³-hybridized carbons (Fsp3) is 0.658. The number of aliphatic hydroxyl groups excluding tert-OH is 1. The van der Waals surface area contributed by atoms with Crippen molar-refractivity contribution < 1.29 is 33.7 Å². The predicted molar refractivity (Wildman–Crippen MR) is 188 cm³/mol. The number of morpholine rings is 1. The van der Waals surface area contributed by atoms with Gasteiger partial charge in [0.1, 0.15) is 17.4 Å². The Kier molecular flexibility index (Phi) is 11.9. The van der Waals surface area contributed by atoms with E-state index in [1.54, 1.807) is 26.9 Å². The molecule has 270 valence electrons. The number of nitrogens with zero attached hydrogens (tertiary/aromatic N) is 4. The molecular formula is C38H56N4O7. The Labute approximate surface area is 291 Å². The maximum Gasteiger partial charge on any atom is 0.248 e. The van der Waals surface area contributed by atoms with Crippen LogP contribution in [-0.2, 0) is 23.9 Å². The zero-order valence-corrected chi connectivity index (χ0v) is 29.9. The Balaban J connectivity index is 1.56. The van der Waals surface area contributed by atoms with E-state index in [9.17, 15) is 14.7 Å². The smallest absolute Gasteiger partial charge is 0.248 e. The summed E-state index contributed by atoms with van der Waals surface area (Å²) in [5.74, 6) is -1.82. The molecule has 4 aliphatic rings. The van der Waals surface area contributed by atoms with Crippen molar-refractivity contribution in [2.75, 3.05) is 70.6 Å². The summed E-state index contributed by atoms with van der Waals surface area (Å²) >= 11 is 0. The lowest BCUT2D eigenvalue weighted by Crippen LogP contribution is -2.60. The number of aliphatic hydroxyl groups is 1. The van der Waals surface area contributed by atoms with Crippen LogP contribution in [0.2, 0.25) is 0 Å². The first-order chi connectivity index (χ1) is 23.7. The summed E-state index contributed by atoms with van der Waals surface area (Å²) in [6.07, 6.45) is 5.63. The quantitative estimate of drug-likeness (QED) is 0.249. The van der Waals surface area contributed by atoms with Gasteiger partial charge in [-0.25, -0.2) is 0 Å². The van der Waals surface area contributed by atoms with Gasteiger partial charge in [-0.2, -0.15) is 0 Å². The van der Waals surface area contributed by atoms with Crippen LogP contribution in [0.25, 0.3) is 0 Å². The standard InChI is InChI=1S/C38H56N4O7/c1-7-18-40(21-20-39-22-24-47-25-23-39)36(46)33-38-17-16-37(10-4,49-38)31(32(38)35(45)42(33)30(26-43)27(6)9-3)34(44)41(19-8-2)28-12-14-29(15-13-28)48-11-5/h7-8,12-15,27,30-33,43H,1-2,9-11,16-26H2,3-6H3/t27-,30-,31+,32-,33?,37-,38?/m0/s1. The number of hydrogen-bond donors (Lipinski definition) is 1. The lowest BCUT2D eigenvalue weighted by atomic mass is 9.64. The van der Waals surface area contributed by atoms with E-state index in [1.165, 1.54) is 0 Å². The molecule has 3 amide bonds. The Morgan fingerprint density at radius 2 is 1.78 bits per heavy atom. The summed E-state index contributed by atoms with van der Waals surface area (Å²) < 4.78 is 18.3. The Morgan fingerprint density at radius 1 is 1.08 bits per heavy atom. The third kappa shape index (κ3) is 6.67. The molecule has 1 spiro atoms. The van der Waals surface area contributed by atoms with Crippen molar-refractivity contribution in [1.82, 2.24) is 14.7 Å². The van der Waals surface area contributed by atoms with Gasteiger partial charge in [0.05, 0.1) is 49.9 Å². The monoisotopic (exact) mass is 680 g/mol. The molecule has 2 bridgehead atoms. The number of hydrogen-bond acceptors (Lipinski definition) is 8. The molecule has 49 heavy (non-hydrogen) atoms. The number of carbonyl (C=O) groups excluding carboxylic acids is 3. The maximum absolute atomic E-state index is 15.0. The summed E-state index contributed by atoms with van der Waals surface area (Å²) in [4.78, 5) is 52.3. The number of benzene rings is 1. The van der Waals surface area contributed by atoms with Gasteiger partial charge in [-0.3, -0.25) is 19.3 Å². The molecule has 4 aliphatic heterocycles. The van der Waals surface area contributed by atoms with Crippen LogP contribution in [-0.4, -0.2) is 127 Å². The normalized spacial score (nSPS) is 29.0. The minimum atomic E-state index is -1.21. The SMILES string of the molecule is C=CCN(CCN1CCOCC1)C(=O)C1N([C@@H](CO)[C@@H](C)CC)C(=O)[C@@H]2[C@H](C(=O)N(CC=C)c3ccc(OCC)cc3)[C@]3(CC)CCC12O3. The summed E-state index contributed by atoms with van der Waals surface area (Å²) in [6.45, 7) is 20.6. The van der Waals surface area contributed by atoms with E-state index in [1.807, 2.05) is 52.0 Å². The van der Waals surface area contributed by atoms with Gasteiger partial charge < -0.3 is 34.0 Å². The number of ether oxygens (including phenoxy) is 3. The molecule has 1 N–H and O–H groups in total. The highest BCUT2D eigenvalue weighted by atomic mass is 16.5. The van der Waals surface area contributed by atoms with Crippen molar-refractivity contribution >= 4 is 23.4 Å². The second-order valence-electron chi connectivity index (χ2n) is 13.9. The van der Waals surface area contributed by atoms with Gasteiger partial charge in [0.25, 0.3) is 0 Å². The Bertz CT molecular complexity index is 1350. The maximum atomic E-state index is 15.0. The molecule has 0 radical (unpaired) electrons. The minimum Gasteiger partial charge on any atom is -0.494 e. The number of likely N-dealkylation sites (tertiary alicyclic amines) is 1. The van der Waals surface area contributed by atoms with Crippen molar-refractivity contribution in [3.05, 3.63) is 49.6 Å². The van der Waals surface area contributed by atoms with Gasteiger partial charge in [-0.15, -0.1) is 13.2 Å². The van der Waals surface area contributed by atoms with Crippen molar-refractivity contribution in [3.8, 4) is 5.75 Å². The van der Waals surface area contributed by atoms with Crippen LogP contribution in [0.3, 0.4) is 0 Å². The summed E-state index contributed by atoms with van der Waals surface area (Å²) in [5, 5.41) is 10.8. The van der Waals surface area contributed by atoms with Crippen LogP contribution in [0.15, 0.2) is 49.6 Å². The largest absolute Gasteiger partial charge is 0.494 e. The molecule has 7 atom stereocenters. The van der Waals surface area contributed by atoms with Crippen molar-refractivity contribution in [1.29, 1.82) is 0 Å². The van der Waals surface area contributed by atoms with E-state index in [4.69, 9.17) is 14.2 Å². The first kappa shape index (κ1) is 37.0. The Hall–Kier alpha value is -3.25. The highest BCUT2D eigenvalue weighted by Gasteiger charge is 2.79. The number of fused-ring (bicyclic) bond motifs is 1. The van der Waals surface area contributed by atoms with Crippen LogP contribution < -0.4 is 9.64 Å². The van der Waals surface area contributed by atoms with Crippen LogP contribution in [0.1, 0.15) is 53.4 Å². The molecule has 5 rings (SSSR count). The first-order valence-electron chi connectivity index (χ1n) is 18.1. The van der Waals surface area contributed by atoms with Crippen LogP contribution in [0.4, 0.5) is 5.69 Å². The van der Waals surface area contributed by atoms with E-state index < -0.39 is 35.1 Å². The molecule has 4 heterocycles. The fourth-order valence-electron chi connectivity index (χ4n) is 8.70. The lowest BCUT2D eigenvalue weighted by Gasteiger charge is -2.41. The minimum absolute atomic E-state index is 0.0895. The van der Waals surface area contributed by atoms with Crippen LogP contribution >= 0.6 is 0 Å². The van der Waals surface area contributed by atoms with Gasteiger partial charge in [0.2, 0.25) is 17.7 Å². The van der Waals surface area contributed by atoms with E-state index >= 15 is 4.79 Å². The lowest BCUT2D eigenvalue weighted by molar-refractivity contribution is -0.157. The predicted octanol–water partition coefficient (Wildman–Crippen LogP) is 3.51. The average molecular weight is 681 g/mol. The second-order valence-corrected chi connectivity index (χ2v) is 13.9. The molecule has 0 aromatic heterocycles. The second kappa shape index (κ2) is 15.7. The highest BCUT2D eigenvalue weighted by Crippen LogP contribution is 2.65. The molecule has 4 saturated heterocycles. The molecular weight excluding hydrogens is 624 g/mol. The first-order valence-corrected chi connectivity index (χ1v) is 18.1. The van der Waals surface area contributed by atoms with E-state index in [-0.39, 0.29) is 36.8 Å². The van der Waals surface area contributed by atoms with Crippen LogP contribution in [0.5, 0.6) is 5.75 Å². The molecule has 0 saturated carbocycles. The number of amides is 3. The zero-order chi connectivity index (χ0) is 35.3. The molecule has 11 nitrogen and oxygen atoms in total. The van der Waals surface area contributed by atoms with Crippen molar-refractivity contribution in [3.63, 3.8) is 0 Å².